The Morgan fingerprint density at radius 2 is 0.718 bits per heavy atom. The molecule has 13 heteroatoms. The number of nitrogens with one attached hydrogen (secondary N) is 1. The van der Waals surface area contributed by atoms with Gasteiger partial charge in [0, 0.05) is 51.7 Å². The monoisotopic (exact) mass is 1010 g/mol. The molecular formula is C58H106N2O11. The molecule has 2 unspecified atom stereocenters. The van der Waals surface area contributed by atoms with Crippen molar-refractivity contribution in [3.8, 4) is 0 Å². The van der Waals surface area contributed by atoms with Gasteiger partial charge in [0.05, 0.1) is 11.8 Å². The minimum Gasteiger partial charge on any atom is -0.465 e. The van der Waals surface area contributed by atoms with Crippen molar-refractivity contribution in [1.82, 2.24) is 10.2 Å². The van der Waals surface area contributed by atoms with Crippen LogP contribution in [0.5, 0.6) is 0 Å². The number of esters is 5. The molecule has 0 saturated carbocycles. The lowest BCUT2D eigenvalue weighted by Crippen LogP contribution is -2.53. The fraction of sp³-hybridized carbons (Fsp3) is 0.897. The van der Waals surface area contributed by atoms with Crippen LogP contribution in [-0.2, 0) is 52.5 Å². The quantitative estimate of drug-likeness (QED) is 0.0349. The van der Waals surface area contributed by atoms with Crippen molar-refractivity contribution in [3.63, 3.8) is 0 Å². The van der Waals surface area contributed by atoms with E-state index in [1.807, 2.05) is 6.92 Å². The summed E-state index contributed by atoms with van der Waals surface area (Å²) in [4.78, 5) is 78.3. The number of nitrogens with zero attached hydrogens (tertiary/aromatic N) is 1. The summed E-state index contributed by atoms with van der Waals surface area (Å²) >= 11 is 0. The van der Waals surface area contributed by atoms with Crippen molar-refractivity contribution in [2.24, 2.45) is 11.8 Å². The van der Waals surface area contributed by atoms with Crippen molar-refractivity contribution in [2.45, 2.75) is 278 Å². The minimum absolute atomic E-state index is 0.0488. The number of unbranched alkanes of at least 4 members (excludes halogenated alkanes) is 20. The fourth-order valence-electron chi connectivity index (χ4n) is 9.01. The highest BCUT2D eigenvalue weighted by atomic mass is 16.6. The minimum atomic E-state index is -0.553. The summed E-state index contributed by atoms with van der Waals surface area (Å²) in [6.07, 6.45) is 32.4. The fourth-order valence-corrected chi connectivity index (χ4v) is 9.01. The van der Waals surface area contributed by atoms with Gasteiger partial charge in [-0.3, -0.25) is 28.8 Å². The van der Waals surface area contributed by atoms with Gasteiger partial charge in [0.25, 0.3) is 0 Å². The Kier molecular flexibility index (Phi) is 43.1. The molecule has 1 N–H and O–H groups in total. The first-order valence-electron chi connectivity index (χ1n) is 29.4. The molecule has 0 spiro atoms. The highest BCUT2D eigenvalue weighted by molar-refractivity contribution is 5.80. The van der Waals surface area contributed by atoms with Crippen molar-refractivity contribution in [2.75, 3.05) is 46.0 Å². The van der Waals surface area contributed by atoms with Gasteiger partial charge >= 0.3 is 29.8 Å². The summed E-state index contributed by atoms with van der Waals surface area (Å²) in [6, 6.07) is 0. The Balaban J connectivity index is 2.60. The molecule has 1 aliphatic heterocycles. The topological polar surface area (TPSA) is 164 Å². The first-order valence-corrected chi connectivity index (χ1v) is 29.4. The molecule has 1 aliphatic rings. The second kappa shape index (κ2) is 46.6. The van der Waals surface area contributed by atoms with Gasteiger partial charge in [-0.2, -0.15) is 0 Å². The number of carbonyl (C=O) groups is 6. The van der Waals surface area contributed by atoms with Gasteiger partial charge in [0.1, 0.15) is 32.0 Å². The third-order valence-corrected chi connectivity index (χ3v) is 13.6. The summed E-state index contributed by atoms with van der Waals surface area (Å²) in [5, 5.41) is 2.88. The van der Waals surface area contributed by atoms with Crippen LogP contribution in [0.15, 0.2) is 0 Å². The van der Waals surface area contributed by atoms with Crippen LogP contribution in [0.25, 0.3) is 0 Å². The van der Waals surface area contributed by atoms with Gasteiger partial charge in [-0.15, -0.1) is 0 Å². The van der Waals surface area contributed by atoms with E-state index in [0.717, 1.165) is 110 Å². The molecule has 1 amide bonds. The van der Waals surface area contributed by atoms with Gasteiger partial charge in [-0.25, -0.2) is 0 Å². The molecule has 0 radical (unpaired) electrons. The maximum absolute atomic E-state index is 12.8. The molecule has 1 saturated heterocycles. The Morgan fingerprint density at radius 3 is 1.08 bits per heavy atom. The summed E-state index contributed by atoms with van der Waals surface area (Å²) in [7, 11) is 0. The molecule has 1 rings (SSSR count). The number of amides is 1. The molecule has 13 nitrogen and oxygen atoms in total. The van der Waals surface area contributed by atoms with E-state index < -0.39 is 17.9 Å². The van der Waals surface area contributed by atoms with E-state index in [1.165, 1.54) is 77.0 Å². The van der Waals surface area contributed by atoms with Crippen molar-refractivity contribution < 1.29 is 52.5 Å². The van der Waals surface area contributed by atoms with E-state index in [-0.39, 0.29) is 93.9 Å². The molecule has 414 valence electrons. The van der Waals surface area contributed by atoms with Crippen LogP contribution in [0.3, 0.4) is 0 Å². The molecule has 0 bridgehead atoms. The molecule has 0 aromatic rings. The Hall–Kier alpha value is -3.22. The molecule has 0 aromatic carbocycles. The smallest absolute Gasteiger partial charge is 0.306 e. The average molecular weight is 1010 g/mol. The van der Waals surface area contributed by atoms with Crippen LogP contribution in [0.4, 0.5) is 0 Å². The van der Waals surface area contributed by atoms with Crippen molar-refractivity contribution in [1.29, 1.82) is 0 Å². The number of rotatable bonds is 50. The lowest BCUT2D eigenvalue weighted by molar-refractivity contribution is -0.155. The SMILES string of the molecule is CCCCCCCCC(CCCCCC)OC(=O)CCCCC(=O)OCC(COC(=O)CCCCCN1CC(C(=O)NCC)C1)COC(=O)CCCCC(=O)OC(CCCCCC)CCCCCCCC. The van der Waals surface area contributed by atoms with Crippen molar-refractivity contribution >= 4 is 35.8 Å². The molecule has 1 fully saturated rings. The normalized spacial score (nSPS) is 14.0. The summed E-state index contributed by atoms with van der Waals surface area (Å²) < 4.78 is 28.6. The van der Waals surface area contributed by atoms with Gasteiger partial charge in [-0.05, 0) is 103 Å². The standard InChI is InChI=1S/C58H106N2O11/c1-6-11-15-19-21-26-36-51(34-24-17-13-8-3)70-56(64)41-31-29-39-54(62)68-47-49(46-67-53(61)38-28-23-33-43-60-44-50(45-60)58(66)59-10-5)48-69-55(63)40-30-32-42-57(65)71-52(35-25-18-14-9-4)37-27-22-20-16-12-7-2/h49-52H,6-48H2,1-5H3,(H,59,66). The summed E-state index contributed by atoms with van der Waals surface area (Å²) in [6.45, 7) is 13.6. The van der Waals surface area contributed by atoms with E-state index in [9.17, 15) is 28.8 Å². The molecule has 2 atom stereocenters. The van der Waals surface area contributed by atoms with Crippen LogP contribution in [0.2, 0.25) is 0 Å². The first kappa shape index (κ1) is 65.8. The highest BCUT2D eigenvalue weighted by Gasteiger charge is 2.31. The molecule has 1 heterocycles. The Labute approximate surface area is 432 Å². The van der Waals surface area contributed by atoms with Crippen LogP contribution in [0.1, 0.15) is 266 Å². The zero-order valence-corrected chi connectivity index (χ0v) is 46.2. The first-order chi connectivity index (χ1) is 34.5. The maximum atomic E-state index is 12.8. The van der Waals surface area contributed by atoms with Gasteiger partial charge in [0.2, 0.25) is 5.91 Å². The third kappa shape index (κ3) is 39.0. The molecule has 0 aliphatic carbocycles. The molecule has 71 heavy (non-hydrogen) atoms. The van der Waals surface area contributed by atoms with E-state index in [4.69, 9.17) is 23.7 Å². The second-order valence-corrected chi connectivity index (χ2v) is 20.5. The lowest BCUT2D eigenvalue weighted by Gasteiger charge is -2.38. The maximum Gasteiger partial charge on any atom is 0.306 e. The second-order valence-electron chi connectivity index (χ2n) is 20.5. The average Bonchev–Trinajstić information content (AvgIpc) is 3.34. The predicted molar refractivity (Wildman–Crippen MR) is 284 cm³/mol. The van der Waals surface area contributed by atoms with E-state index in [1.54, 1.807) is 0 Å². The number of hydrogen-bond acceptors (Lipinski definition) is 12. The van der Waals surface area contributed by atoms with Gasteiger partial charge in [0.15, 0.2) is 0 Å². The Morgan fingerprint density at radius 1 is 0.408 bits per heavy atom. The summed E-state index contributed by atoms with van der Waals surface area (Å²) in [5.41, 5.74) is 0. The summed E-state index contributed by atoms with van der Waals surface area (Å²) in [5.74, 6) is -2.03. The van der Waals surface area contributed by atoms with Crippen molar-refractivity contribution in [3.05, 3.63) is 0 Å². The number of ether oxygens (including phenoxy) is 5. The highest BCUT2D eigenvalue weighted by Crippen LogP contribution is 2.21. The van der Waals surface area contributed by atoms with Gasteiger partial charge in [-0.1, -0.05) is 137 Å². The number of hydrogen-bond donors (Lipinski definition) is 1. The van der Waals surface area contributed by atoms with E-state index in [0.29, 0.717) is 38.6 Å². The van der Waals surface area contributed by atoms with Crippen LogP contribution >= 0.6 is 0 Å². The van der Waals surface area contributed by atoms with Gasteiger partial charge < -0.3 is 33.9 Å². The lowest BCUT2D eigenvalue weighted by atomic mass is 9.98. The molecular weight excluding hydrogens is 901 g/mol. The zero-order valence-electron chi connectivity index (χ0n) is 46.2. The van der Waals surface area contributed by atoms with E-state index >= 15 is 0 Å². The van der Waals surface area contributed by atoms with Crippen LogP contribution in [0, 0.1) is 11.8 Å². The van der Waals surface area contributed by atoms with E-state index in [2.05, 4.69) is 37.9 Å². The number of carbonyl (C=O) groups excluding carboxylic acids is 6. The Bertz CT molecular complexity index is 1290. The van der Waals surface area contributed by atoms with Crippen LogP contribution in [-0.4, -0.2) is 98.9 Å². The van der Waals surface area contributed by atoms with Crippen LogP contribution < -0.4 is 5.32 Å². The molecule has 0 aromatic heterocycles. The zero-order chi connectivity index (χ0) is 52.0. The number of likely N-dealkylation sites (tertiary alicyclic amines) is 1. The predicted octanol–water partition coefficient (Wildman–Crippen LogP) is 13.2. The third-order valence-electron chi connectivity index (χ3n) is 13.6. The largest absolute Gasteiger partial charge is 0.465 e.